The van der Waals surface area contributed by atoms with Gasteiger partial charge >= 0.3 is 0 Å². The first-order valence-electron chi connectivity index (χ1n) is 15.5. The summed E-state index contributed by atoms with van der Waals surface area (Å²) in [5.74, 6) is 1.41. The minimum atomic E-state index is -3.93. The van der Waals surface area contributed by atoms with Gasteiger partial charge in [0.2, 0.25) is 5.91 Å². The van der Waals surface area contributed by atoms with Crippen LogP contribution in [0.4, 0.5) is 0 Å². The molecule has 8 bridgehead atoms. The number of nitrogens with one attached hydrogen (secondary N) is 1. The number of aryl methyl sites for hydroxylation is 2. The van der Waals surface area contributed by atoms with Crippen molar-refractivity contribution in [3.05, 3.63) is 112 Å². The molecule has 10 rings (SSSR count). The lowest BCUT2D eigenvalue weighted by molar-refractivity contribution is -0.121. The Kier molecular flexibility index (Phi) is 8.61. The number of hydrogen-bond acceptors (Lipinski definition) is 7. The Balaban J connectivity index is 1.31. The van der Waals surface area contributed by atoms with Gasteiger partial charge in [0.25, 0.3) is 10.0 Å². The van der Waals surface area contributed by atoms with Crippen molar-refractivity contribution in [3.63, 3.8) is 0 Å². The van der Waals surface area contributed by atoms with Crippen LogP contribution in [-0.4, -0.2) is 43.4 Å². The third kappa shape index (κ3) is 6.30. The summed E-state index contributed by atoms with van der Waals surface area (Å²) in [5.41, 5.74) is 4.17. The Hall–Kier alpha value is -4.09. The number of halogens is 1. The maximum absolute atomic E-state index is 14.6. The first-order valence-corrected chi connectivity index (χ1v) is 18.1. The summed E-state index contributed by atoms with van der Waals surface area (Å²) in [6.07, 6.45) is 1.91. The molecule has 0 saturated carbocycles. The van der Waals surface area contributed by atoms with Crippen molar-refractivity contribution >= 4 is 49.0 Å². The minimum absolute atomic E-state index is 0.00968. The number of benzene rings is 4. The lowest BCUT2D eigenvalue weighted by Crippen LogP contribution is -2.40. The van der Waals surface area contributed by atoms with Gasteiger partial charge in [0.1, 0.15) is 15.7 Å². The van der Waals surface area contributed by atoms with Gasteiger partial charge in [-0.15, -0.1) is 11.3 Å². The Morgan fingerprint density at radius 2 is 1.77 bits per heavy atom. The van der Waals surface area contributed by atoms with Crippen LogP contribution < -0.4 is 14.8 Å². The van der Waals surface area contributed by atoms with E-state index in [0.29, 0.717) is 70.9 Å². The number of phenolic OH excluding ortho intramolecular Hbond substituents is 1. The second kappa shape index (κ2) is 12.8. The lowest BCUT2D eigenvalue weighted by atomic mass is 9.89. The Morgan fingerprint density at radius 3 is 2.60 bits per heavy atom. The molecule has 47 heavy (non-hydrogen) atoms. The number of carbonyl (C=O) groups excluding carboxylic acids is 1. The van der Waals surface area contributed by atoms with Crippen LogP contribution in [0.2, 0.25) is 5.02 Å². The first-order chi connectivity index (χ1) is 22.7. The molecule has 11 heteroatoms. The van der Waals surface area contributed by atoms with E-state index in [4.69, 9.17) is 21.1 Å². The number of aromatic hydroxyl groups is 1. The number of ether oxygens (including phenoxy) is 2. The van der Waals surface area contributed by atoms with Crippen LogP contribution >= 0.6 is 22.9 Å². The Bertz CT molecular complexity index is 2100. The van der Waals surface area contributed by atoms with E-state index in [1.807, 2.05) is 55.5 Å². The average molecular weight is 689 g/mol. The molecular weight excluding hydrogens is 656 g/mol. The SMILES string of the molecule is Cc1c(S(=O)(=O)N2CCc3cc4ccc3C2c2ccc(cc2)OCCCNC(=O)CCc2ccc(O)c(c2)O4)sc2ccc(Cl)cc12. The van der Waals surface area contributed by atoms with Gasteiger partial charge in [0, 0.05) is 29.2 Å². The highest BCUT2D eigenvalue weighted by atomic mass is 35.5. The van der Waals surface area contributed by atoms with E-state index in [2.05, 4.69) is 5.32 Å². The minimum Gasteiger partial charge on any atom is -0.504 e. The summed E-state index contributed by atoms with van der Waals surface area (Å²) in [6.45, 7) is 3.00. The summed E-state index contributed by atoms with van der Waals surface area (Å²) < 4.78 is 44.0. The van der Waals surface area contributed by atoms with Gasteiger partial charge < -0.3 is 19.9 Å². The number of phenols is 1. The van der Waals surface area contributed by atoms with E-state index < -0.39 is 16.1 Å². The van der Waals surface area contributed by atoms with E-state index >= 15 is 0 Å². The molecule has 0 radical (unpaired) electrons. The number of rotatable bonds is 2. The molecule has 0 saturated heterocycles. The Labute approximate surface area is 282 Å². The molecule has 1 aromatic heterocycles. The zero-order valence-electron chi connectivity index (χ0n) is 25.7. The van der Waals surface area contributed by atoms with Crippen molar-refractivity contribution in [2.75, 3.05) is 19.7 Å². The molecule has 8 nitrogen and oxygen atoms in total. The molecule has 2 N–H and O–H groups in total. The monoisotopic (exact) mass is 688 g/mol. The van der Waals surface area contributed by atoms with E-state index in [9.17, 15) is 18.3 Å². The summed E-state index contributed by atoms with van der Waals surface area (Å²) in [6, 6.07) is 23.1. The van der Waals surface area contributed by atoms with Gasteiger partial charge in [-0.25, -0.2) is 8.42 Å². The van der Waals surface area contributed by atoms with Gasteiger partial charge in [-0.05, 0) is 114 Å². The van der Waals surface area contributed by atoms with Gasteiger partial charge in [-0.3, -0.25) is 4.79 Å². The lowest BCUT2D eigenvalue weighted by Gasteiger charge is -2.36. The van der Waals surface area contributed by atoms with Crippen LogP contribution in [0, 0.1) is 6.92 Å². The van der Waals surface area contributed by atoms with Crippen LogP contribution in [0.1, 0.15) is 46.7 Å². The normalized spacial score (nSPS) is 17.5. The molecule has 4 aromatic carbocycles. The second-order valence-electron chi connectivity index (χ2n) is 11.8. The van der Waals surface area contributed by atoms with Gasteiger partial charge in [-0.1, -0.05) is 35.9 Å². The average Bonchev–Trinajstić information content (AvgIpc) is 3.40. The molecule has 1 amide bonds. The highest BCUT2D eigenvalue weighted by molar-refractivity contribution is 7.91. The molecule has 0 spiro atoms. The topological polar surface area (TPSA) is 105 Å². The standard InChI is InChI=1S/C36H33ClN2O6S2/c1-22-30-21-26(37)7-13-33(30)46-36(22)47(42,43)39-17-15-25-20-28-10-11-29(25)35(39)24-5-8-27(9-6-24)44-18-2-16-38-34(41)14-4-23-3-12-31(40)32(19-23)45-28/h3,5-13,19-21,35,40H,2,4,14-18H2,1H3,(H,38,41). The maximum Gasteiger partial charge on any atom is 0.253 e. The van der Waals surface area contributed by atoms with Crippen LogP contribution in [0.5, 0.6) is 23.0 Å². The second-order valence-corrected chi connectivity index (χ2v) is 15.4. The number of amides is 1. The molecule has 0 fully saturated rings. The zero-order chi connectivity index (χ0) is 32.7. The summed E-state index contributed by atoms with van der Waals surface area (Å²) in [4.78, 5) is 12.4. The van der Waals surface area contributed by atoms with Gasteiger partial charge in [-0.2, -0.15) is 4.31 Å². The molecule has 6 heterocycles. The van der Waals surface area contributed by atoms with E-state index in [1.165, 1.54) is 11.3 Å². The van der Waals surface area contributed by atoms with Crippen molar-refractivity contribution in [2.24, 2.45) is 0 Å². The molecule has 242 valence electrons. The number of thiophene rings is 1. The third-order valence-electron chi connectivity index (χ3n) is 8.70. The van der Waals surface area contributed by atoms with Crippen LogP contribution in [0.15, 0.2) is 83.1 Å². The maximum atomic E-state index is 14.6. The fourth-order valence-electron chi connectivity index (χ4n) is 6.28. The van der Waals surface area contributed by atoms with E-state index in [1.54, 1.807) is 34.6 Å². The fourth-order valence-corrected chi connectivity index (χ4v) is 9.90. The zero-order valence-corrected chi connectivity index (χ0v) is 28.1. The summed E-state index contributed by atoms with van der Waals surface area (Å²) >= 11 is 7.53. The number of carbonyl (C=O) groups is 1. The van der Waals surface area contributed by atoms with E-state index in [-0.39, 0.29) is 18.2 Å². The largest absolute Gasteiger partial charge is 0.504 e. The predicted molar refractivity (Wildman–Crippen MR) is 184 cm³/mol. The van der Waals surface area contributed by atoms with Crippen molar-refractivity contribution in [1.29, 1.82) is 0 Å². The van der Waals surface area contributed by atoms with E-state index in [0.717, 1.165) is 32.3 Å². The highest BCUT2D eigenvalue weighted by Crippen LogP contribution is 2.44. The third-order valence-corrected chi connectivity index (χ3v) is 12.7. The molecule has 1 atom stereocenters. The van der Waals surface area contributed by atoms with Crippen molar-refractivity contribution in [3.8, 4) is 23.0 Å². The first kappa shape index (κ1) is 31.5. The molecule has 5 aliphatic rings. The van der Waals surface area contributed by atoms with Crippen LogP contribution in [0.3, 0.4) is 0 Å². The van der Waals surface area contributed by atoms with Crippen molar-refractivity contribution in [2.45, 2.75) is 42.9 Å². The summed E-state index contributed by atoms with van der Waals surface area (Å²) in [7, 11) is -3.93. The van der Waals surface area contributed by atoms with Crippen molar-refractivity contribution < 1.29 is 27.8 Å². The smallest absolute Gasteiger partial charge is 0.253 e. The summed E-state index contributed by atoms with van der Waals surface area (Å²) in [5, 5.41) is 14.9. The highest BCUT2D eigenvalue weighted by Gasteiger charge is 2.39. The predicted octanol–water partition coefficient (Wildman–Crippen LogP) is 7.53. The van der Waals surface area contributed by atoms with Crippen LogP contribution in [-0.2, 0) is 27.7 Å². The van der Waals surface area contributed by atoms with Crippen molar-refractivity contribution in [1.82, 2.24) is 9.62 Å². The molecule has 1 unspecified atom stereocenters. The van der Waals surface area contributed by atoms with Gasteiger partial charge in [0.05, 0.1) is 12.6 Å². The number of hydrogen-bond donors (Lipinski definition) is 2. The molecule has 5 aromatic rings. The molecule has 5 aliphatic heterocycles. The molecule has 0 aliphatic carbocycles. The van der Waals surface area contributed by atoms with Gasteiger partial charge in [0.15, 0.2) is 11.5 Å². The quantitative estimate of drug-likeness (QED) is 0.199. The van der Waals surface area contributed by atoms with Crippen LogP contribution in [0.25, 0.3) is 10.1 Å². The fraction of sp³-hybridized carbons (Fsp3) is 0.250. The number of fused-ring (bicyclic) bond motifs is 1. The molecular formula is C36H33ClN2O6S2. The Morgan fingerprint density at radius 1 is 0.957 bits per heavy atom. The number of nitrogens with zero attached hydrogens (tertiary/aromatic N) is 1. The number of sulfonamides is 1.